The van der Waals surface area contributed by atoms with Gasteiger partial charge in [-0.3, -0.25) is 0 Å². The highest BCUT2D eigenvalue weighted by atomic mass is 35.5. The minimum Gasteiger partial charge on any atom is -1.00 e. The van der Waals surface area contributed by atoms with Crippen molar-refractivity contribution < 1.29 is 26.4 Å². The second-order valence-electron chi connectivity index (χ2n) is 6.25. The van der Waals surface area contributed by atoms with Crippen LogP contribution in [-0.2, 0) is 15.1 Å². The second kappa shape index (κ2) is 7.62. The molecule has 3 nitrogen and oxygen atoms in total. The van der Waals surface area contributed by atoms with E-state index < -0.39 is 0 Å². The summed E-state index contributed by atoms with van der Waals surface area (Å²) in [6.45, 7) is 10.8. The molecule has 0 aliphatic carbocycles. The zero-order chi connectivity index (χ0) is 15.4. The number of esters is 1. The van der Waals surface area contributed by atoms with Gasteiger partial charge in [0, 0.05) is 11.1 Å². The number of hydrogen-bond donors (Lipinski definition) is 0. The molecule has 0 bridgehead atoms. The second-order valence-corrected chi connectivity index (χ2v) is 6.25. The molecule has 1 aromatic carbocycles. The van der Waals surface area contributed by atoms with Crippen molar-refractivity contribution in [3.05, 3.63) is 48.0 Å². The van der Waals surface area contributed by atoms with Crippen LogP contribution in [0.3, 0.4) is 0 Å². The van der Waals surface area contributed by atoms with Crippen LogP contribution in [0, 0.1) is 0 Å². The minimum atomic E-state index is -0.317. The van der Waals surface area contributed by atoms with E-state index >= 15 is 0 Å². The molecule has 118 valence electrons. The Hall–Kier alpha value is -1.32. The molecule has 0 spiro atoms. The van der Waals surface area contributed by atoms with Gasteiger partial charge in [0.25, 0.3) is 0 Å². The highest BCUT2D eigenvalue weighted by Crippen LogP contribution is 2.31. The molecule has 0 atom stereocenters. The number of rotatable bonds is 6. The van der Waals surface area contributed by atoms with E-state index in [9.17, 15) is 4.79 Å². The van der Waals surface area contributed by atoms with Crippen LogP contribution in [0.1, 0.15) is 26.3 Å². The van der Waals surface area contributed by atoms with Crippen molar-refractivity contribution in [1.29, 1.82) is 0 Å². The molecule has 0 N–H and O–H groups in total. The maximum atomic E-state index is 11.4. The SMILES string of the molecule is C=C(C)C(=O)OCC[N+](C)(C)C(C)(C)c1ccccc1.[Cl-]. The Bertz CT molecular complexity index is 481. The van der Waals surface area contributed by atoms with Crippen molar-refractivity contribution in [3.8, 4) is 0 Å². The molecule has 1 rings (SSSR count). The molecular formula is C17H26ClNO2. The van der Waals surface area contributed by atoms with Gasteiger partial charge in [-0.2, -0.15) is 0 Å². The summed E-state index contributed by atoms with van der Waals surface area (Å²) >= 11 is 0. The molecular weight excluding hydrogens is 286 g/mol. The van der Waals surface area contributed by atoms with Gasteiger partial charge in [-0.15, -0.1) is 0 Å². The van der Waals surface area contributed by atoms with Crippen molar-refractivity contribution in [2.45, 2.75) is 26.3 Å². The summed E-state index contributed by atoms with van der Waals surface area (Å²) in [5.41, 5.74) is 1.66. The van der Waals surface area contributed by atoms with Gasteiger partial charge in [-0.25, -0.2) is 4.79 Å². The van der Waals surface area contributed by atoms with Gasteiger partial charge in [0.05, 0.1) is 14.1 Å². The molecule has 0 unspecified atom stereocenters. The van der Waals surface area contributed by atoms with Crippen molar-refractivity contribution in [3.63, 3.8) is 0 Å². The van der Waals surface area contributed by atoms with E-state index in [0.29, 0.717) is 12.2 Å². The zero-order valence-corrected chi connectivity index (χ0v) is 14.4. The standard InChI is InChI=1S/C17H26NO2.ClH/c1-14(2)16(19)20-13-12-18(5,6)17(3,4)15-10-8-7-9-11-15;/h7-11H,1,12-13H2,2-6H3;1H/q+1;/p-1. The number of carbonyl (C=O) groups is 1. The van der Waals surface area contributed by atoms with E-state index in [1.54, 1.807) is 6.92 Å². The number of nitrogens with zero attached hydrogens (tertiary/aromatic N) is 1. The molecule has 21 heavy (non-hydrogen) atoms. The number of carbonyl (C=O) groups excluding carboxylic acids is 1. The van der Waals surface area contributed by atoms with Gasteiger partial charge in [0.2, 0.25) is 0 Å². The van der Waals surface area contributed by atoms with E-state index in [1.807, 2.05) is 6.07 Å². The lowest BCUT2D eigenvalue weighted by molar-refractivity contribution is -0.945. The number of ether oxygens (including phenoxy) is 1. The molecule has 0 aliphatic rings. The van der Waals surface area contributed by atoms with Crippen molar-refractivity contribution >= 4 is 5.97 Å². The average molecular weight is 312 g/mol. The van der Waals surface area contributed by atoms with E-state index in [1.165, 1.54) is 5.56 Å². The number of benzene rings is 1. The molecule has 0 aliphatic heterocycles. The van der Waals surface area contributed by atoms with Gasteiger partial charge < -0.3 is 21.6 Å². The number of hydrogen-bond acceptors (Lipinski definition) is 2. The fourth-order valence-corrected chi connectivity index (χ4v) is 1.96. The molecule has 0 radical (unpaired) electrons. The van der Waals surface area contributed by atoms with Crippen LogP contribution in [-0.4, -0.2) is 37.7 Å². The topological polar surface area (TPSA) is 26.3 Å². The fraction of sp³-hybridized carbons (Fsp3) is 0.471. The monoisotopic (exact) mass is 311 g/mol. The lowest BCUT2D eigenvalue weighted by Gasteiger charge is -2.44. The molecule has 4 heteroatoms. The summed E-state index contributed by atoms with van der Waals surface area (Å²) < 4.78 is 5.95. The van der Waals surface area contributed by atoms with Gasteiger partial charge >= 0.3 is 5.97 Å². The molecule has 0 fully saturated rings. The Morgan fingerprint density at radius 2 is 1.76 bits per heavy atom. The average Bonchev–Trinajstić information content (AvgIpc) is 2.39. The first kappa shape index (κ1) is 19.7. The molecule has 0 heterocycles. The number of likely N-dealkylation sites (N-methyl/N-ethyl adjacent to an activating group) is 1. The Balaban J connectivity index is 0.00000400. The third-order valence-corrected chi connectivity index (χ3v) is 4.23. The molecule has 0 amide bonds. The van der Waals surface area contributed by atoms with Crippen LogP contribution in [0.15, 0.2) is 42.5 Å². The quantitative estimate of drug-likeness (QED) is 0.424. The predicted octanol–water partition coefficient (Wildman–Crippen LogP) is 0.121. The summed E-state index contributed by atoms with van der Waals surface area (Å²) in [6, 6.07) is 10.4. The third-order valence-electron chi connectivity index (χ3n) is 4.23. The van der Waals surface area contributed by atoms with Gasteiger partial charge in [0.15, 0.2) is 0 Å². The molecule has 0 aromatic heterocycles. The van der Waals surface area contributed by atoms with E-state index in [4.69, 9.17) is 4.74 Å². The van der Waals surface area contributed by atoms with Crippen molar-refractivity contribution in [2.24, 2.45) is 0 Å². The Morgan fingerprint density at radius 1 is 1.24 bits per heavy atom. The fourth-order valence-electron chi connectivity index (χ4n) is 1.96. The maximum absolute atomic E-state index is 11.4. The zero-order valence-electron chi connectivity index (χ0n) is 13.6. The van der Waals surface area contributed by atoms with Crippen molar-refractivity contribution in [2.75, 3.05) is 27.2 Å². The summed E-state index contributed by atoms with van der Waals surface area (Å²) in [7, 11) is 4.31. The minimum absolute atomic E-state index is 0. The Labute approximate surface area is 134 Å². The van der Waals surface area contributed by atoms with Crippen LogP contribution in [0.2, 0.25) is 0 Å². The summed E-state index contributed by atoms with van der Waals surface area (Å²) in [6.07, 6.45) is 0. The number of quaternary nitrogens is 1. The van der Waals surface area contributed by atoms with Crippen LogP contribution in [0.5, 0.6) is 0 Å². The van der Waals surface area contributed by atoms with E-state index in [2.05, 4.69) is 58.8 Å². The predicted molar refractivity (Wildman–Crippen MR) is 82.2 cm³/mol. The molecule has 1 aromatic rings. The third kappa shape index (κ3) is 4.87. The highest BCUT2D eigenvalue weighted by Gasteiger charge is 2.38. The van der Waals surface area contributed by atoms with E-state index in [0.717, 1.165) is 11.0 Å². The van der Waals surface area contributed by atoms with Gasteiger partial charge in [-0.1, -0.05) is 36.9 Å². The Morgan fingerprint density at radius 3 is 2.24 bits per heavy atom. The highest BCUT2D eigenvalue weighted by molar-refractivity contribution is 5.86. The van der Waals surface area contributed by atoms with Gasteiger partial charge in [-0.05, 0) is 20.8 Å². The Kier molecular flexibility index (Phi) is 7.14. The number of halogens is 1. The van der Waals surface area contributed by atoms with Crippen molar-refractivity contribution in [1.82, 2.24) is 0 Å². The maximum Gasteiger partial charge on any atom is 0.333 e. The first-order chi connectivity index (χ1) is 9.18. The lowest BCUT2D eigenvalue weighted by atomic mass is 9.90. The normalized spacial score (nSPS) is 11.5. The summed E-state index contributed by atoms with van der Waals surface area (Å²) in [4.78, 5) is 11.4. The smallest absolute Gasteiger partial charge is 0.333 e. The summed E-state index contributed by atoms with van der Waals surface area (Å²) in [5, 5.41) is 0. The largest absolute Gasteiger partial charge is 1.00 e. The first-order valence-corrected chi connectivity index (χ1v) is 6.90. The van der Waals surface area contributed by atoms with E-state index in [-0.39, 0.29) is 23.9 Å². The summed E-state index contributed by atoms with van der Waals surface area (Å²) in [5.74, 6) is -0.317. The van der Waals surface area contributed by atoms with Crippen LogP contribution in [0.4, 0.5) is 0 Å². The van der Waals surface area contributed by atoms with Crippen LogP contribution >= 0.6 is 0 Å². The molecule has 0 saturated heterocycles. The first-order valence-electron chi connectivity index (χ1n) is 6.90. The van der Waals surface area contributed by atoms with Gasteiger partial charge in [0.1, 0.15) is 18.7 Å². The molecule has 0 saturated carbocycles. The van der Waals surface area contributed by atoms with Crippen LogP contribution in [0.25, 0.3) is 0 Å². The van der Waals surface area contributed by atoms with Crippen LogP contribution < -0.4 is 12.4 Å². The lowest BCUT2D eigenvalue weighted by Crippen LogP contribution is -3.00.